The molecule has 4 heteroatoms. The van der Waals surface area contributed by atoms with Crippen molar-refractivity contribution in [2.75, 3.05) is 0 Å². The zero-order chi connectivity index (χ0) is 11.5. The highest BCUT2D eigenvalue weighted by Crippen LogP contribution is 2.25. The Labute approximate surface area is 105 Å². The average Bonchev–Trinajstić information content (AvgIpc) is 2.05. The summed E-state index contributed by atoms with van der Waals surface area (Å²) in [7, 11) is 0. The van der Waals surface area contributed by atoms with E-state index < -0.39 is 0 Å². The molecule has 0 aromatic rings. The minimum atomic E-state index is -0.129. The summed E-state index contributed by atoms with van der Waals surface area (Å²) in [5, 5.41) is 2.99. The summed E-state index contributed by atoms with van der Waals surface area (Å²) < 4.78 is 0. The van der Waals surface area contributed by atoms with E-state index in [1.165, 1.54) is 12.8 Å². The van der Waals surface area contributed by atoms with Crippen molar-refractivity contribution in [2.24, 2.45) is 11.7 Å². The van der Waals surface area contributed by atoms with Crippen LogP contribution in [-0.2, 0) is 4.79 Å². The molecule has 1 rings (SSSR count). The maximum atomic E-state index is 11.7. The van der Waals surface area contributed by atoms with Crippen molar-refractivity contribution in [1.82, 2.24) is 5.32 Å². The second kappa shape index (κ2) is 6.45. The number of amides is 1. The average molecular weight is 249 g/mol. The molecule has 0 spiro atoms. The van der Waals surface area contributed by atoms with Crippen LogP contribution in [0, 0.1) is 5.92 Å². The maximum absolute atomic E-state index is 11.7. The third-order valence-corrected chi connectivity index (χ3v) is 2.93. The quantitative estimate of drug-likeness (QED) is 0.788. The molecule has 1 aliphatic rings. The predicted molar refractivity (Wildman–Crippen MR) is 69.7 cm³/mol. The van der Waals surface area contributed by atoms with Crippen molar-refractivity contribution in [3.05, 3.63) is 0 Å². The Morgan fingerprint density at radius 3 is 2.38 bits per heavy atom. The fraction of sp³-hybridized carbons (Fsp3) is 0.917. The maximum Gasteiger partial charge on any atom is 0.220 e. The Bertz CT molecular complexity index is 226. The molecular weight excluding hydrogens is 224 g/mol. The van der Waals surface area contributed by atoms with E-state index in [4.69, 9.17) is 5.73 Å². The van der Waals surface area contributed by atoms with Crippen molar-refractivity contribution in [2.45, 2.75) is 64.5 Å². The van der Waals surface area contributed by atoms with E-state index >= 15 is 0 Å². The fourth-order valence-electron chi connectivity index (χ4n) is 2.20. The molecule has 16 heavy (non-hydrogen) atoms. The molecule has 0 heterocycles. The van der Waals surface area contributed by atoms with Gasteiger partial charge in [-0.3, -0.25) is 4.79 Å². The molecule has 1 amide bonds. The zero-order valence-corrected chi connectivity index (χ0v) is 11.4. The van der Waals surface area contributed by atoms with Gasteiger partial charge in [0, 0.05) is 18.0 Å². The summed E-state index contributed by atoms with van der Waals surface area (Å²) in [5.74, 6) is 0.533. The summed E-state index contributed by atoms with van der Waals surface area (Å²) in [6.45, 7) is 6.02. The Kier molecular flexibility index (Phi) is 6.34. The Balaban J connectivity index is 0.00000225. The first kappa shape index (κ1) is 15.7. The van der Waals surface area contributed by atoms with Gasteiger partial charge in [0.2, 0.25) is 5.91 Å². The van der Waals surface area contributed by atoms with Crippen LogP contribution in [0.15, 0.2) is 0 Å². The first-order valence-corrected chi connectivity index (χ1v) is 5.95. The van der Waals surface area contributed by atoms with Gasteiger partial charge in [-0.25, -0.2) is 0 Å². The van der Waals surface area contributed by atoms with Gasteiger partial charge in [-0.15, -0.1) is 12.4 Å². The second-order valence-electron chi connectivity index (χ2n) is 5.71. The van der Waals surface area contributed by atoms with Crippen LogP contribution in [0.25, 0.3) is 0 Å². The molecule has 0 saturated heterocycles. The highest BCUT2D eigenvalue weighted by Gasteiger charge is 2.25. The number of hydrogen-bond acceptors (Lipinski definition) is 2. The lowest BCUT2D eigenvalue weighted by Crippen LogP contribution is -2.43. The van der Waals surface area contributed by atoms with Gasteiger partial charge in [-0.05, 0) is 39.5 Å². The van der Waals surface area contributed by atoms with Crippen molar-refractivity contribution >= 4 is 18.3 Å². The molecule has 96 valence electrons. The minimum Gasteiger partial charge on any atom is -0.351 e. The van der Waals surface area contributed by atoms with Gasteiger partial charge in [0.05, 0.1) is 0 Å². The van der Waals surface area contributed by atoms with Crippen LogP contribution >= 0.6 is 12.4 Å². The molecule has 1 saturated carbocycles. The summed E-state index contributed by atoms with van der Waals surface area (Å²) in [6.07, 6.45) is 5.23. The van der Waals surface area contributed by atoms with E-state index in [0.29, 0.717) is 12.3 Å². The molecule has 0 aliphatic heterocycles. The largest absolute Gasteiger partial charge is 0.351 e. The van der Waals surface area contributed by atoms with Crippen molar-refractivity contribution in [3.8, 4) is 0 Å². The molecule has 3 N–H and O–H groups in total. The number of carbonyl (C=O) groups is 1. The van der Waals surface area contributed by atoms with Crippen LogP contribution in [0.5, 0.6) is 0 Å². The number of nitrogens with two attached hydrogens (primary N) is 1. The summed E-state index contributed by atoms with van der Waals surface area (Å²) in [4.78, 5) is 11.7. The van der Waals surface area contributed by atoms with Crippen LogP contribution in [0.1, 0.15) is 52.9 Å². The van der Waals surface area contributed by atoms with Crippen molar-refractivity contribution in [3.63, 3.8) is 0 Å². The monoisotopic (exact) mass is 248 g/mol. The topological polar surface area (TPSA) is 55.1 Å². The number of halogens is 1. The van der Waals surface area contributed by atoms with E-state index in [2.05, 4.69) is 5.32 Å². The van der Waals surface area contributed by atoms with Crippen LogP contribution in [0.3, 0.4) is 0 Å². The van der Waals surface area contributed by atoms with Gasteiger partial charge >= 0.3 is 0 Å². The highest BCUT2D eigenvalue weighted by molar-refractivity contribution is 5.85. The molecule has 1 fully saturated rings. The SMILES string of the molecule is CC(C)(C)NC(=O)CC1CCCCC1N.Cl. The molecule has 0 bridgehead atoms. The first-order valence-electron chi connectivity index (χ1n) is 5.95. The second-order valence-corrected chi connectivity index (χ2v) is 5.71. The molecule has 0 radical (unpaired) electrons. The molecular formula is C12H25ClN2O. The lowest BCUT2D eigenvalue weighted by Gasteiger charge is -2.29. The third kappa shape index (κ3) is 5.71. The van der Waals surface area contributed by atoms with Gasteiger partial charge in [-0.1, -0.05) is 12.8 Å². The zero-order valence-electron chi connectivity index (χ0n) is 10.6. The standard InChI is InChI=1S/C12H24N2O.ClH/c1-12(2,3)14-11(15)8-9-6-4-5-7-10(9)13;/h9-10H,4-8,13H2,1-3H3,(H,14,15);1H. The van der Waals surface area contributed by atoms with Crippen LogP contribution in [-0.4, -0.2) is 17.5 Å². The predicted octanol–water partition coefficient (Wildman–Crippen LogP) is 2.23. The highest BCUT2D eigenvalue weighted by atomic mass is 35.5. The van der Waals surface area contributed by atoms with Gasteiger partial charge in [0.25, 0.3) is 0 Å². The van der Waals surface area contributed by atoms with Crippen LogP contribution < -0.4 is 11.1 Å². The van der Waals surface area contributed by atoms with Gasteiger partial charge in [0.15, 0.2) is 0 Å². The summed E-state index contributed by atoms with van der Waals surface area (Å²) in [6, 6.07) is 0.226. The lowest BCUT2D eigenvalue weighted by atomic mass is 9.82. The van der Waals surface area contributed by atoms with Crippen LogP contribution in [0.2, 0.25) is 0 Å². The van der Waals surface area contributed by atoms with Crippen LogP contribution in [0.4, 0.5) is 0 Å². The number of hydrogen-bond donors (Lipinski definition) is 2. The molecule has 3 nitrogen and oxygen atoms in total. The van der Waals surface area contributed by atoms with Gasteiger partial charge in [0.1, 0.15) is 0 Å². The minimum absolute atomic E-state index is 0. The molecule has 0 aromatic heterocycles. The lowest BCUT2D eigenvalue weighted by molar-refractivity contribution is -0.123. The van der Waals surface area contributed by atoms with E-state index in [9.17, 15) is 4.79 Å². The molecule has 1 aliphatic carbocycles. The smallest absolute Gasteiger partial charge is 0.220 e. The number of carbonyl (C=O) groups excluding carboxylic acids is 1. The van der Waals surface area contributed by atoms with E-state index in [-0.39, 0.29) is 29.9 Å². The Morgan fingerprint density at radius 1 is 1.31 bits per heavy atom. The number of rotatable bonds is 2. The Hall–Kier alpha value is -0.280. The molecule has 2 atom stereocenters. The van der Waals surface area contributed by atoms with E-state index in [0.717, 1.165) is 12.8 Å². The molecule has 0 aromatic carbocycles. The van der Waals surface area contributed by atoms with E-state index in [1.807, 2.05) is 20.8 Å². The number of nitrogens with one attached hydrogen (secondary N) is 1. The molecule has 2 unspecified atom stereocenters. The van der Waals surface area contributed by atoms with Crippen molar-refractivity contribution in [1.29, 1.82) is 0 Å². The summed E-state index contributed by atoms with van der Waals surface area (Å²) in [5.41, 5.74) is 5.88. The van der Waals surface area contributed by atoms with Gasteiger partial charge in [-0.2, -0.15) is 0 Å². The van der Waals surface area contributed by atoms with Gasteiger partial charge < -0.3 is 11.1 Å². The summed E-state index contributed by atoms with van der Waals surface area (Å²) >= 11 is 0. The Morgan fingerprint density at radius 2 is 1.88 bits per heavy atom. The first-order chi connectivity index (χ1) is 6.88. The normalized spacial score (nSPS) is 25.8. The fourth-order valence-corrected chi connectivity index (χ4v) is 2.20. The van der Waals surface area contributed by atoms with Crippen molar-refractivity contribution < 1.29 is 4.79 Å². The third-order valence-electron chi connectivity index (χ3n) is 2.93. The van der Waals surface area contributed by atoms with E-state index in [1.54, 1.807) is 0 Å².